The largest absolute Gasteiger partial charge is 0.457 e. The van der Waals surface area contributed by atoms with Gasteiger partial charge in [0.05, 0.1) is 0 Å². The van der Waals surface area contributed by atoms with E-state index >= 15 is 0 Å². The molecule has 0 saturated heterocycles. The number of aryl methyl sites for hydroxylation is 1. The van der Waals surface area contributed by atoms with E-state index in [1.54, 1.807) is 0 Å². The molecule has 0 atom stereocenters. The van der Waals surface area contributed by atoms with Crippen molar-refractivity contribution >= 4 is 5.78 Å². The maximum atomic E-state index is 12.7. The van der Waals surface area contributed by atoms with Crippen LogP contribution < -0.4 is 4.74 Å². The molecule has 3 aromatic carbocycles. The Morgan fingerprint density at radius 1 is 0.769 bits per heavy atom. The third-order valence-corrected chi connectivity index (χ3v) is 4.45. The van der Waals surface area contributed by atoms with Gasteiger partial charge in [-0.15, -0.1) is 0 Å². The number of rotatable bonds is 4. The van der Waals surface area contributed by atoms with Gasteiger partial charge in [0.25, 0.3) is 0 Å². The fourth-order valence-electron chi connectivity index (χ4n) is 2.76. The van der Waals surface area contributed by atoms with Gasteiger partial charge >= 0.3 is 0 Å². The second-order valence-corrected chi connectivity index (χ2v) is 7.55. The van der Waals surface area contributed by atoms with Gasteiger partial charge in [0, 0.05) is 11.1 Å². The van der Waals surface area contributed by atoms with Gasteiger partial charge in [-0.1, -0.05) is 63.2 Å². The molecule has 26 heavy (non-hydrogen) atoms. The average Bonchev–Trinajstić information content (AvgIpc) is 2.63. The molecule has 0 aliphatic rings. The van der Waals surface area contributed by atoms with E-state index in [2.05, 4.69) is 20.8 Å². The Hall–Kier alpha value is -2.87. The van der Waals surface area contributed by atoms with Crippen molar-refractivity contribution < 1.29 is 9.53 Å². The van der Waals surface area contributed by atoms with Gasteiger partial charge in [-0.2, -0.15) is 0 Å². The first kappa shape index (κ1) is 17.9. The van der Waals surface area contributed by atoms with Crippen LogP contribution in [-0.2, 0) is 5.41 Å². The lowest BCUT2D eigenvalue weighted by atomic mass is 9.86. The number of benzene rings is 3. The normalized spacial score (nSPS) is 11.2. The molecule has 0 radical (unpaired) electrons. The summed E-state index contributed by atoms with van der Waals surface area (Å²) in [6, 6.07) is 23.0. The van der Waals surface area contributed by atoms with Gasteiger partial charge in [-0.3, -0.25) is 4.79 Å². The van der Waals surface area contributed by atoms with Crippen LogP contribution in [0.2, 0.25) is 0 Å². The summed E-state index contributed by atoms with van der Waals surface area (Å²) in [5.41, 5.74) is 3.73. The first-order valence-electron chi connectivity index (χ1n) is 8.83. The van der Waals surface area contributed by atoms with E-state index in [-0.39, 0.29) is 11.2 Å². The number of hydrogen-bond donors (Lipinski definition) is 0. The molecule has 0 aliphatic carbocycles. The van der Waals surface area contributed by atoms with Crippen LogP contribution in [0, 0.1) is 6.92 Å². The summed E-state index contributed by atoms with van der Waals surface area (Å²) in [4.78, 5) is 12.7. The molecule has 0 heterocycles. The first-order valence-corrected chi connectivity index (χ1v) is 8.83. The Bertz CT molecular complexity index is 898. The van der Waals surface area contributed by atoms with Gasteiger partial charge < -0.3 is 4.74 Å². The van der Waals surface area contributed by atoms with Crippen LogP contribution in [0.4, 0.5) is 0 Å². The highest BCUT2D eigenvalue weighted by atomic mass is 16.5. The highest BCUT2D eigenvalue weighted by Crippen LogP contribution is 2.26. The first-order chi connectivity index (χ1) is 12.3. The van der Waals surface area contributed by atoms with Gasteiger partial charge in [0.15, 0.2) is 5.78 Å². The fraction of sp³-hybridized carbons (Fsp3) is 0.208. The number of carbonyl (C=O) groups is 1. The molecule has 0 saturated carbocycles. The van der Waals surface area contributed by atoms with Crippen molar-refractivity contribution in [2.45, 2.75) is 33.1 Å². The predicted octanol–water partition coefficient (Wildman–Crippen LogP) is 6.32. The molecule has 2 nitrogen and oxygen atoms in total. The van der Waals surface area contributed by atoms with Gasteiger partial charge in [0.1, 0.15) is 11.5 Å². The van der Waals surface area contributed by atoms with Crippen molar-refractivity contribution in [3.05, 3.63) is 95.1 Å². The summed E-state index contributed by atoms with van der Waals surface area (Å²) in [6.07, 6.45) is 0. The van der Waals surface area contributed by atoms with E-state index in [9.17, 15) is 4.79 Å². The van der Waals surface area contributed by atoms with Crippen LogP contribution >= 0.6 is 0 Å². The second kappa shape index (κ2) is 7.17. The van der Waals surface area contributed by atoms with Gasteiger partial charge in [-0.25, -0.2) is 0 Å². The molecule has 0 spiro atoms. The van der Waals surface area contributed by atoms with E-state index in [1.807, 2.05) is 79.7 Å². The van der Waals surface area contributed by atoms with Crippen molar-refractivity contribution in [3.63, 3.8) is 0 Å². The Morgan fingerprint density at radius 3 is 1.85 bits per heavy atom. The summed E-state index contributed by atoms with van der Waals surface area (Å²) in [6.45, 7) is 8.50. The summed E-state index contributed by atoms with van der Waals surface area (Å²) >= 11 is 0. The van der Waals surface area contributed by atoms with E-state index in [1.165, 1.54) is 5.56 Å². The Balaban J connectivity index is 1.76. The molecule has 0 aromatic heterocycles. The zero-order valence-electron chi connectivity index (χ0n) is 15.7. The van der Waals surface area contributed by atoms with E-state index < -0.39 is 0 Å². The fourth-order valence-corrected chi connectivity index (χ4v) is 2.76. The van der Waals surface area contributed by atoms with Crippen LogP contribution in [0.5, 0.6) is 11.5 Å². The average molecular weight is 344 g/mol. The van der Waals surface area contributed by atoms with Crippen molar-refractivity contribution in [2.75, 3.05) is 0 Å². The number of hydrogen-bond acceptors (Lipinski definition) is 2. The number of para-hydroxylation sites is 1. The highest BCUT2D eigenvalue weighted by molar-refractivity contribution is 6.09. The maximum Gasteiger partial charge on any atom is 0.193 e. The third kappa shape index (κ3) is 4.02. The molecule has 0 amide bonds. The minimum absolute atomic E-state index is 0.0212. The molecule has 0 unspecified atom stereocenters. The van der Waals surface area contributed by atoms with Gasteiger partial charge in [0.2, 0.25) is 0 Å². The minimum atomic E-state index is 0.0212. The summed E-state index contributed by atoms with van der Waals surface area (Å²) in [7, 11) is 0. The van der Waals surface area contributed by atoms with E-state index in [0.717, 1.165) is 17.1 Å². The molecule has 3 rings (SSSR count). The van der Waals surface area contributed by atoms with E-state index in [4.69, 9.17) is 4.74 Å². The highest BCUT2D eigenvalue weighted by Gasteiger charge is 2.15. The van der Waals surface area contributed by atoms with Crippen LogP contribution in [0.25, 0.3) is 0 Å². The molecule has 0 fully saturated rings. The van der Waals surface area contributed by atoms with Crippen molar-refractivity contribution in [1.29, 1.82) is 0 Å². The maximum absolute atomic E-state index is 12.7. The molecule has 2 heteroatoms. The van der Waals surface area contributed by atoms with Crippen molar-refractivity contribution in [1.82, 2.24) is 0 Å². The van der Waals surface area contributed by atoms with Crippen LogP contribution in [0.3, 0.4) is 0 Å². The van der Waals surface area contributed by atoms with Crippen LogP contribution in [0.15, 0.2) is 72.8 Å². The number of ether oxygens (including phenoxy) is 1. The standard InChI is InChI=1S/C24H24O2/c1-17-7-5-6-8-22(17)26-21-15-11-19(12-16-21)23(25)18-9-13-20(14-10-18)24(2,3)4/h5-16H,1-4H3. The quantitative estimate of drug-likeness (QED) is 0.518. The lowest BCUT2D eigenvalue weighted by Gasteiger charge is -2.19. The van der Waals surface area contributed by atoms with Crippen molar-refractivity contribution in [2.24, 2.45) is 0 Å². The summed E-state index contributed by atoms with van der Waals surface area (Å²) in [5.74, 6) is 1.57. The molecular weight excluding hydrogens is 320 g/mol. The molecule has 0 N–H and O–H groups in total. The SMILES string of the molecule is Cc1ccccc1Oc1ccc(C(=O)c2ccc(C(C)(C)C)cc2)cc1. The Morgan fingerprint density at radius 2 is 1.31 bits per heavy atom. The summed E-state index contributed by atoms with van der Waals surface area (Å²) < 4.78 is 5.89. The predicted molar refractivity (Wildman–Crippen MR) is 106 cm³/mol. The van der Waals surface area contributed by atoms with Gasteiger partial charge in [-0.05, 0) is 53.8 Å². The smallest absolute Gasteiger partial charge is 0.193 e. The second-order valence-electron chi connectivity index (χ2n) is 7.55. The molecule has 3 aromatic rings. The van der Waals surface area contributed by atoms with E-state index in [0.29, 0.717) is 11.1 Å². The Kier molecular flexibility index (Phi) is 4.94. The molecule has 0 aliphatic heterocycles. The number of ketones is 1. The van der Waals surface area contributed by atoms with Crippen molar-refractivity contribution in [3.8, 4) is 11.5 Å². The molecule has 132 valence electrons. The summed E-state index contributed by atoms with van der Waals surface area (Å²) in [5, 5.41) is 0. The van der Waals surface area contributed by atoms with Crippen LogP contribution in [0.1, 0.15) is 47.8 Å². The number of carbonyl (C=O) groups excluding carboxylic acids is 1. The zero-order chi connectivity index (χ0) is 18.7. The Labute approximate surface area is 155 Å². The molecule has 0 bridgehead atoms. The minimum Gasteiger partial charge on any atom is -0.457 e. The lowest BCUT2D eigenvalue weighted by molar-refractivity contribution is 0.103. The lowest BCUT2D eigenvalue weighted by Crippen LogP contribution is -2.11. The topological polar surface area (TPSA) is 26.3 Å². The zero-order valence-corrected chi connectivity index (χ0v) is 15.7. The monoisotopic (exact) mass is 344 g/mol. The molecular formula is C24H24O2. The van der Waals surface area contributed by atoms with Crippen LogP contribution in [-0.4, -0.2) is 5.78 Å². The third-order valence-electron chi connectivity index (χ3n) is 4.45.